The van der Waals surface area contributed by atoms with E-state index in [1.54, 1.807) is 12.4 Å². The van der Waals surface area contributed by atoms with Gasteiger partial charge in [0.25, 0.3) is 0 Å². The number of ether oxygens (including phenoxy) is 1. The van der Waals surface area contributed by atoms with Crippen LogP contribution in [0.4, 0.5) is 0 Å². The number of hydrogen-bond acceptors (Lipinski definition) is 4. The second kappa shape index (κ2) is 6.85. The molecule has 0 radical (unpaired) electrons. The molecule has 0 aliphatic heterocycles. The van der Waals surface area contributed by atoms with E-state index in [1.807, 2.05) is 12.1 Å². The normalized spacial score (nSPS) is 10.4. The van der Waals surface area contributed by atoms with Crippen LogP contribution in [0.1, 0.15) is 25.0 Å². The average molecular weight is 257 g/mol. The van der Waals surface area contributed by atoms with E-state index in [-0.39, 0.29) is 0 Å². The fraction of sp³-hybridized carbons (Fsp3) is 0.333. The maximum Gasteiger partial charge on any atom is 0.321 e. The van der Waals surface area contributed by atoms with E-state index >= 15 is 0 Å². The molecule has 0 amide bonds. The molecule has 2 rings (SSSR count). The number of nitrogens with zero attached hydrogens (tertiary/aromatic N) is 2. The number of aryl methyl sites for hydroxylation is 1. The molecule has 1 heterocycles. The van der Waals surface area contributed by atoms with Gasteiger partial charge >= 0.3 is 6.01 Å². The Bertz CT molecular complexity index is 494. The summed E-state index contributed by atoms with van der Waals surface area (Å²) in [6.07, 6.45) is 4.59. The predicted molar refractivity (Wildman–Crippen MR) is 75.3 cm³/mol. The molecular formula is C15H19N3O. The average Bonchev–Trinajstić information content (AvgIpc) is 2.47. The summed E-state index contributed by atoms with van der Waals surface area (Å²) in [5.41, 5.74) is 2.34. The van der Waals surface area contributed by atoms with Crippen LogP contribution in [-0.4, -0.2) is 16.5 Å². The second-order valence-corrected chi connectivity index (χ2v) is 4.25. The van der Waals surface area contributed by atoms with E-state index in [9.17, 15) is 0 Å². The number of nitrogens with one attached hydrogen (secondary N) is 1. The van der Waals surface area contributed by atoms with Crippen molar-refractivity contribution < 1.29 is 4.74 Å². The maximum atomic E-state index is 5.59. The molecule has 1 aromatic carbocycles. The van der Waals surface area contributed by atoms with Crippen molar-refractivity contribution in [1.82, 2.24) is 15.3 Å². The van der Waals surface area contributed by atoms with Gasteiger partial charge in [-0.2, -0.15) is 0 Å². The quantitative estimate of drug-likeness (QED) is 0.864. The van der Waals surface area contributed by atoms with Gasteiger partial charge in [-0.3, -0.25) is 0 Å². The summed E-state index contributed by atoms with van der Waals surface area (Å²) in [5, 5.41) is 3.23. The van der Waals surface area contributed by atoms with Crippen LogP contribution in [0.2, 0.25) is 0 Å². The smallest absolute Gasteiger partial charge is 0.321 e. The molecule has 0 aliphatic carbocycles. The van der Waals surface area contributed by atoms with Crippen LogP contribution in [-0.2, 0) is 13.0 Å². The van der Waals surface area contributed by atoms with E-state index < -0.39 is 0 Å². The largest absolute Gasteiger partial charge is 0.424 e. The maximum absolute atomic E-state index is 5.59. The van der Waals surface area contributed by atoms with Crippen molar-refractivity contribution in [2.24, 2.45) is 0 Å². The van der Waals surface area contributed by atoms with Crippen LogP contribution >= 0.6 is 0 Å². The summed E-state index contributed by atoms with van der Waals surface area (Å²) in [6, 6.07) is 8.36. The molecule has 19 heavy (non-hydrogen) atoms. The minimum Gasteiger partial charge on any atom is -0.424 e. The Morgan fingerprint density at radius 3 is 2.26 bits per heavy atom. The molecular weight excluding hydrogens is 238 g/mol. The van der Waals surface area contributed by atoms with Crippen molar-refractivity contribution in [2.75, 3.05) is 6.54 Å². The summed E-state index contributed by atoms with van der Waals surface area (Å²) >= 11 is 0. The number of rotatable bonds is 6. The molecule has 4 heteroatoms. The molecule has 100 valence electrons. The lowest BCUT2D eigenvalue weighted by Crippen LogP contribution is -2.12. The first-order valence-electron chi connectivity index (χ1n) is 6.60. The molecule has 0 fully saturated rings. The van der Waals surface area contributed by atoms with Gasteiger partial charge in [0.15, 0.2) is 0 Å². The third-order valence-corrected chi connectivity index (χ3v) is 2.80. The van der Waals surface area contributed by atoms with Crippen molar-refractivity contribution >= 4 is 0 Å². The van der Waals surface area contributed by atoms with Crippen molar-refractivity contribution in [2.45, 2.75) is 26.8 Å². The van der Waals surface area contributed by atoms with E-state index in [0.29, 0.717) is 6.01 Å². The summed E-state index contributed by atoms with van der Waals surface area (Å²) in [4.78, 5) is 8.39. The van der Waals surface area contributed by atoms with Crippen LogP contribution in [0.5, 0.6) is 11.8 Å². The molecule has 0 unspecified atom stereocenters. The summed E-state index contributed by atoms with van der Waals surface area (Å²) in [7, 11) is 0. The van der Waals surface area contributed by atoms with E-state index in [4.69, 9.17) is 4.74 Å². The first-order valence-corrected chi connectivity index (χ1v) is 6.60. The Morgan fingerprint density at radius 2 is 1.68 bits per heavy atom. The Kier molecular flexibility index (Phi) is 4.86. The van der Waals surface area contributed by atoms with E-state index in [1.165, 1.54) is 5.56 Å². The fourth-order valence-corrected chi connectivity index (χ4v) is 1.65. The van der Waals surface area contributed by atoms with Gasteiger partial charge in [-0.05, 0) is 30.7 Å². The highest BCUT2D eigenvalue weighted by Crippen LogP contribution is 2.18. The van der Waals surface area contributed by atoms with Gasteiger partial charge in [0.05, 0.1) is 0 Å². The minimum absolute atomic E-state index is 0.379. The van der Waals surface area contributed by atoms with Gasteiger partial charge < -0.3 is 10.1 Å². The third-order valence-electron chi connectivity index (χ3n) is 2.80. The molecule has 0 spiro atoms. The molecule has 0 aliphatic rings. The number of aromatic nitrogens is 2. The van der Waals surface area contributed by atoms with Crippen LogP contribution in [0.25, 0.3) is 0 Å². The van der Waals surface area contributed by atoms with Crippen molar-refractivity contribution in [3.05, 3.63) is 47.8 Å². The van der Waals surface area contributed by atoms with Crippen molar-refractivity contribution in [3.63, 3.8) is 0 Å². The van der Waals surface area contributed by atoms with Gasteiger partial charge in [0.1, 0.15) is 5.75 Å². The molecule has 0 saturated heterocycles. The monoisotopic (exact) mass is 257 g/mol. The van der Waals surface area contributed by atoms with Gasteiger partial charge in [-0.15, -0.1) is 0 Å². The highest BCUT2D eigenvalue weighted by atomic mass is 16.5. The highest BCUT2D eigenvalue weighted by molar-refractivity contribution is 5.29. The van der Waals surface area contributed by atoms with Crippen molar-refractivity contribution in [1.29, 1.82) is 0 Å². The first kappa shape index (κ1) is 13.5. The lowest BCUT2D eigenvalue weighted by molar-refractivity contribution is 0.440. The predicted octanol–water partition coefficient (Wildman–Crippen LogP) is 2.94. The molecule has 2 aromatic rings. The Labute approximate surface area is 113 Å². The molecule has 0 saturated carbocycles. The second-order valence-electron chi connectivity index (χ2n) is 4.25. The lowest BCUT2D eigenvalue weighted by atomic mass is 10.2. The number of benzene rings is 1. The van der Waals surface area contributed by atoms with Crippen LogP contribution in [0, 0.1) is 0 Å². The topological polar surface area (TPSA) is 47.0 Å². The first-order chi connectivity index (χ1) is 9.31. The van der Waals surface area contributed by atoms with Gasteiger partial charge in [-0.1, -0.05) is 26.0 Å². The van der Waals surface area contributed by atoms with Crippen LogP contribution in [0.15, 0.2) is 36.7 Å². The zero-order valence-corrected chi connectivity index (χ0v) is 11.4. The number of hydrogen-bond donors (Lipinski definition) is 1. The van der Waals surface area contributed by atoms with Crippen LogP contribution < -0.4 is 10.1 Å². The summed E-state index contributed by atoms with van der Waals surface area (Å²) < 4.78 is 5.59. The summed E-state index contributed by atoms with van der Waals surface area (Å²) in [6.45, 7) is 5.91. The Balaban J connectivity index is 1.98. The highest BCUT2D eigenvalue weighted by Gasteiger charge is 2.01. The SMILES string of the molecule is CCNCc1cnc(Oc2ccc(CC)cc2)nc1. The zero-order chi connectivity index (χ0) is 13.5. The van der Waals surface area contributed by atoms with E-state index in [0.717, 1.165) is 30.8 Å². The van der Waals surface area contributed by atoms with Gasteiger partial charge in [0.2, 0.25) is 0 Å². The molecule has 1 aromatic heterocycles. The Morgan fingerprint density at radius 1 is 1.00 bits per heavy atom. The van der Waals surface area contributed by atoms with Crippen molar-refractivity contribution in [3.8, 4) is 11.8 Å². The lowest BCUT2D eigenvalue weighted by Gasteiger charge is -2.05. The minimum atomic E-state index is 0.379. The van der Waals surface area contributed by atoms with E-state index in [2.05, 4.69) is 41.3 Å². The molecule has 4 nitrogen and oxygen atoms in total. The Hall–Kier alpha value is -1.94. The molecule has 0 bridgehead atoms. The van der Waals surface area contributed by atoms with Crippen LogP contribution in [0.3, 0.4) is 0 Å². The van der Waals surface area contributed by atoms with Gasteiger partial charge in [-0.25, -0.2) is 9.97 Å². The molecule has 1 N–H and O–H groups in total. The fourth-order valence-electron chi connectivity index (χ4n) is 1.65. The summed E-state index contributed by atoms with van der Waals surface area (Å²) in [5.74, 6) is 0.761. The molecule has 0 atom stereocenters. The van der Waals surface area contributed by atoms with Gasteiger partial charge in [0, 0.05) is 24.5 Å². The third kappa shape index (κ3) is 4.03. The standard InChI is InChI=1S/C15H19N3O/c1-3-12-5-7-14(8-6-12)19-15-17-10-13(11-18-15)9-16-4-2/h5-8,10-11,16H,3-4,9H2,1-2H3. The zero-order valence-electron chi connectivity index (χ0n) is 11.4.